The second kappa shape index (κ2) is 8.54. The summed E-state index contributed by atoms with van der Waals surface area (Å²) in [5, 5.41) is 5.83. The second-order valence-electron chi connectivity index (χ2n) is 8.99. The molecule has 1 fully saturated rings. The first kappa shape index (κ1) is 20.8. The molecule has 2 amide bonds. The summed E-state index contributed by atoms with van der Waals surface area (Å²) < 4.78 is 0. The van der Waals surface area contributed by atoms with Crippen LogP contribution in [0.1, 0.15) is 30.0 Å². The third kappa shape index (κ3) is 3.51. The molecule has 6 nitrogen and oxygen atoms in total. The molecule has 0 saturated carbocycles. The standard InChI is InChI=1S/C28H26N4O2/c33-26-15-14-25(29-32(26)20-8-2-1-3-9-20)28(34)31-18-16-30(17-19-31)27-23-12-6-4-10-21(23)22-11-5-7-13-24(22)27/h1-13,27H,14-19H2. The van der Waals surface area contributed by atoms with E-state index in [1.54, 1.807) is 0 Å². The lowest BCUT2D eigenvalue weighted by Gasteiger charge is -2.39. The molecule has 6 heteroatoms. The highest BCUT2D eigenvalue weighted by Crippen LogP contribution is 2.46. The van der Waals surface area contributed by atoms with Gasteiger partial charge in [0.05, 0.1) is 11.7 Å². The molecular weight excluding hydrogens is 424 g/mol. The van der Waals surface area contributed by atoms with Gasteiger partial charge < -0.3 is 4.90 Å². The molecule has 34 heavy (non-hydrogen) atoms. The van der Waals surface area contributed by atoms with E-state index in [4.69, 9.17) is 0 Å². The molecule has 0 unspecified atom stereocenters. The maximum absolute atomic E-state index is 13.3. The summed E-state index contributed by atoms with van der Waals surface area (Å²) in [5.41, 5.74) is 6.47. The normalized spacial score (nSPS) is 18.5. The molecule has 1 aliphatic carbocycles. The Morgan fingerprint density at radius 2 is 1.32 bits per heavy atom. The minimum Gasteiger partial charge on any atom is -0.335 e. The molecule has 0 spiro atoms. The molecule has 0 aromatic heterocycles. The summed E-state index contributed by atoms with van der Waals surface area (Å²) in [5.74, 6) is -0.133. The zero-order valence-corrected chi connectivity index (χ0v) is 18.9. The van der Waals surface area contributed by atoms with Gasteiger partial charge in [0.2, 0.25) is 5.91 Å². The van der Waals surface area contributed by atoms with Crippen molar-refractivity contribution in [3.05, 3.63) is 90.0 Å². The number of carbonyl (C=O) groups is 2. The Hall–Kier alpha value is -3.77. The van der Waals surface area contributed by atoms with Crippen molar-refractivity contribution in [2.24, 2.45) is 5.10 Å². The van der Waals surface area contributed by atoms with E-state index in [9.17, 15) is 9.59 Å². The third-order valence-electron chi connectivity index (χ3n) is 7.05. The van der Waals surface area contributed by atoms with Crippen molar-refractivity contribution in [2.75, 3.05) is 31.2 Å². The Kier molecular flexibility index (Phi) is 5.23. The number of anilines is 1. The third-order valence-corrected chi connectivity index (χ3v) is 7.05. The number of piperazine rings is 1. The molecule has 1 saturated heterocycles. The van der Waals surface area contributed by atoms with E-state index in [0.717, 1.165) is 13.1 Å². The van der Waals surface area contributed by atoms with E-state index in [1.165, 1.54) is 27.3 Å². The van der Waals surface area contributed by atoms with Crippen LogP contribution in [0.2, 0.25) is 0 Å². The number of nitrogens with zero attached hydrogens (tertiary/aromatic N) is 4. The smallest absolute Gasteiger partial charge is 0.270 e. The first-order chi connectivity index (χ1) is 16.7. The predicted molar refractivity (Wildman–Crippen MR) is 132 cm³/mol. The molecule has 170 valence electrons. The van der Waals surface area contributed by atoms with Gasteiger partial charge in [0, 0.05) is 39.0 Å². The minimum absolute atomic E-state index is 0.0553. The SMILES string of the molecule is O=C(C1=NN(c2ccccc2)C(=O)CC1)N1CCN(C2c3ccccc3-c3ccccc32)CC1. The molecule has 0 atom stereocenters. The fourth-order valence-corrected chi connectivity index (χ4v) is 5.37. The van der Waals surface area contributed by atoms with E-state index in [1.807, 2.05) is 35.2 Å². The summed E-state index contributed by atoms with van der Waals surface area (Å²) in [6, 6.07) is 26.8. The number of benzene rings is 3. The fourth-order valence-electron chi connectivity index (χ4n) is 5.37. The molecule has 0 radical (unpaired) electrons. The topological polar surface area (TPSA) is 56.2 Å². The number of hydrazone groups is 1. The maximum atomic E-state index is 13.3. The fraction of sp³-hybridized carbons (Fsp3) is 0.250. The first-order valence-corrected chi connectivity index (χ1v) is 11.9. The van der Waals surface area contributed by atoms with Gasteiger partial charge in [-0.15, -0.1) is 0 Å². The van der Waals surface area contributed by atoms with E-state index >= 15 is 0 Å². The van der Waals surface area contributed by atoms with Gasteiger partial charge in [-0.1, -0.05) is 66.7 Å². The van der Waals surface area contributed by atoms with Gasteiger partial charge in [0.15, 0.2) is 0 Å². The molecule has 6 rings (SSSR count). The van der Waals surface area contributed by atoms with Crippen molar-refractivity contribution < 1.29 is 9.59 Å². The van der Waals surface area contributed by atoms with E-state index in [-0.39, 0.29) is 17.9 Å². The Morgan fingerprint density at radius 1 is 0.735 bits per heavy atom. The molecular formula is C28H26N4O2. The molecule has 3 aliphatic rings. The van der Waals surface area contributed by atoms with Gasteiger partial charge in [-0.25, -0.2) is 5.01 Å². The summed E-state index contributed by atoms with van der Waals surface area (Å²) in [6.45, 7) is 2.90. The Bertz CT molecular complexity index is 1230. The largest absolute Gasteiger partial charge is 0.335 e. The van der Waals surface area contributed by atoms with Gasteiger partial charge in [0.25, 0.3) is 5.91 Å². The molecule has 0 N–H and O–H groups in total. The molecule has 2 aliphatic heterocycles. The van der Waals surface area contributed by atoms with Crippen molar-refractivity contribution >= 4 is 23.2 Å². The summed E-state index contributed by atoms with van der Waals surface area (Å²) in [7, 11) is 0. The molecule has 0 bridgehead atoms. The Morgan fingerprint density at radius 3 is 1.97 bits per heavy atom. The van der Waals surface area contributed by atoms with Gasteiger partial charge in [0.1, 0.15) is 5.71 Å². The number of hydrogen-bond donors (Lipinski definition) is 0. The van der Waals surface area contributed by atoms with Gasteiger partial charge in [-0.2, -0.15) is 5.10 Å². The van der Waals surface area contributed by atoms with Crippen LogP contribution in [0.3, 0.4) is 0 Å². The van der Waals surface area contributed by atoms with Crippen LogP contribution in [-0.4, -0.2) is 53.5 Å². The van der Waals surface area contributed by atoms with E-state index < -0.39 is 0 Å². The van der Waals surface area contributed by atoms with E-state index in [2.05, 4.69) is 58.5 Å². The number of amides is 2. The quantitative estimate of drug-likeness (QED) is 0.604. The van der Waals surface area contributed by atoms with E-state index in [0.29, 0.717) is 37.3 Å². The van der Waals surface area contributed by atoms with Crippen LogP contribution < -0.4 is 5.01 Å². The number of carbonyl (C=O) groups excluding carboxylic acids is 2. The van der Waals surface area contributed by atoms with Gasteiger partial charge in [-0.3, -0.25) is 14.5 Å². The number of para-hydroxylation sites is 1. The summed E-state index contributed by atoms with van der Waals surface area (Å²) in [4.78, 5) is 30.1. The lowest BCUT2D eigenvalue weighted by Crippen LogP contribution is -2.52. The summed E-state index contributed by atoms with van der Waals surface area (Å²) >= 11 is 0. The number of fused-ring (bicyclic) bond motifs is 3. The minimum atomic E-state index is -0.0777. The van der Waals surface area contributed by atoms with Gasteiger partial charge >= 0.3 is 0 Å². The molecule has 3 aromatic rings. The van der Waals surface area contributed by atoms with Crippen molar-refractivity contribution in [2.45, 2.75) is 18.9 Å². The number of rotatable bonds is 3. The molecule has 3 aromatic carbocycles. The van der Waals surface area contributed by atoms with Crippen LogP contribution in [0.15, 0.2) is 84.0 Å². The van der Waals surface area contributed by atoms with Crippen LogP contribution in [0.25, 0.3) is 11.1 Å². The highest BCUT2D eigenvalue weighted by molar-refractivity contribution is 6.40. The predicted octanol–water partition coefficient (Wildman–Crippen LogP) is 4.08. The first-order valence-electron chi connectivity index (χ1n) is 11.9. The van der Waals surface area contributed by atoms with Crippen LogP contribution in [0.4, 0.5) is 5.69 Å². The van der Waals surface area contributed by atoms with Crippen LogP contribution in [0.5, 0.6) is 0 Å². The Labute approximate surface area is 199 Å². The second-order valence-corrected chi connectivity index (χ2v) is 8.99. The lowest BCUT2D eigenvalue weighted by atomic mass is 10.0. The van der Waals surface area contributed by atoms with Gasteiger partial charge in [-0.05, 0) is 34.4 Å². The zero-order valence-electron chi connectivity index (χ0n) is 18.9. The van der Waals surface area contributed by atoms with Crippen molar-refractivity contribution in [1.29, 1.82) is 0 Å². The highest BCUT2D eigenvalue weighted by Gasteiger charge is 2.36. The maximum Gasteiger partial charge on any atom is 0.270 e. The Balaban J connectivity index is 1.19. The monoisotopic (exact) mass is 450 g/mol. The van der Waals surface area contributed by atoms with Crippen molar-refractivity contribution in [1.82, 2.24) is 9.80 Å². The van der Waals surface area contributed by atoms with Crippen LogP contribution in [-0.2, 0) is 9.59 Å². The average molecular weight is 451 g/mol. The highest BCUT2D eigenvalue weighted by atomic mass is 16.2. The van der Waals surface area contributed by atoms with Crippen molar-refractivity contribution in [3.63, 3.8) is 0 Å². The average Bonchev–Trinajstić information content (AvgIpc) is 3.24. The summed E-state index contributed by atoms with van der Waals surface area (Å²) in [6.07, 6.45) is 0.694. The lowest BCUT2D eigenvalue weighted by molar-refractivity contribution is -0.126. The van der Waals surface area contributed by atoms with Crippen LogP contribution >= 0.6 is 0 Å². The van der Waals surface area contributed by atoms with Crippen molar-refractivity contribution in [3.8, 4) is 11.1 Å². The number of hydrogen-bond acceptors (Lipinski definition) is 4. The molecule has 2 heterocycles. The zero-order chi connectivity index (χ0) is 23.1. The van der Waals surface area contributed by atoms with Crippen LogP contribution in [0, 0.1) is 0 Å².